The number of nitrogens with one attached hydrogen (secondary N) is 2. The minimum atomic E-state index is -1.22. The van der Waals surface area contributed by atoms with Crippen LogP contribution in [0.1, 0.15) is 28.2 Å². The van der Waals surface area contributed by atoms with E-state index in [9.17, 15) is 19.2 Å². The van der Waals surface area contributed by atoms with Crippen molar-refractivity contribution < 1.29 is 29.4 Å². The normalized spacial score (nSPS) is 11.6. The lowest BCUT2D eigenvalue weighted by Gasteiger charge is -2.26. The van der Waals surface area contributed by atoms with Gasteiger partial charge in [-0.15, -0.1) is 0 Å². The van der Waals surface area contributed by atoms with Crippen molar-refractivity contribution in [3.63, 3.8) is 0 Å². The van der Waals surface area contributed by atoms with E-state index in [1.165, 1.54) is 0 Å². The highest BCUT2D eigenvalue weighted by Crippen LogP contribution is 2.43. The van der Waals surface area contributed by atoms with Crippen molar-refractivity contribution in [1.82, 2.24) is 0 Å². The molecule has 0 radical (unpaired) electrons. The number of benzene rings is 6. The Morgan fingerprint density at radius 2 is 0.963 bits per heavy atom. The summed E-state index contributed by atoms with van der Waals surface area (Å²) in [5.74, 6) is -3.92. The molecule has 0 heterocycles. The molecule has 0 aliphatic carbocycles. The summed E-state index contributed by atoms with van der Waals surface area (Å²) in [4.78, 5) is 47.9. The summed E-state index contributed by atoms with van der Waals surface area (Å²) in [6, 6.07) is 47.4. The van der Waals surface area contributed by atoms with E-state index >= 15 is 0 Å². The number of hydrogen-bond acceptors (Lipinski definition) is 4. The Balaban J connectivity index is 1.54. The highest BCUT2D eigenvalue weighted by atomic mass is 16.4. The number of carboxylic acid groups (broad SMARTS) is 2. The van der Waals surface area contributed by atoms with Gasteiger partial charge in [0.05, 0.1) is 0 Å². The zero-order valence-electron chi connectivity index (χ0n) is 29.3. The second-order valence-electron chi connectivity index (χ2n) is 12.5. The van der Waals surface area contributed by atoms with Crippen LogP contribution in [0, 0.1) is 6.92 Å². The molecule has 0 bridgehead atoms. The maximum absolute atomic E-state index is 12.9. The maximum Gasteiger partial charge on any atom is 0.328 e. The standard InChI is InChI=1S/C46H36N2O6/c1-30-37(22-24-40(48-42(50)26-28-44(53)54)45(30)34-15-9-4-10-16-34)46(35-19-17-32(18-20-35)31-11-5-2-6-12-31)36-21-23-39(47-41(49)25-27-43(51)52)38(29-36)33-13-7-3-8-14-33/h2-29,46H,1H3,(H,47,49)(H,48,50)(H,51,52)(H,53,54)/b27-25+,28-26+. The molecule has 1 atom stereocenters. The summed E-state index contributed by atoms with van der Waals surface area (Å²) in [5, 5.41) is 23.9. The third kappa shape index (κ3) is 8.75. The summed E-state index contributed by atoms with van der Waals surface area (Å²) in [7, 11) is 0. The first-order valence-corrected chi connectivity index (χ1v) is 17.2. The Kier molecular flexibility index (Phi) is 11.3. The van der Waals surface area contributed by atoms with E-state index in [0.29, 0.717) is 11.4 Å². The molecule has 0 saturated heterocycles. The molecule has 6 aromatic carbocycles. The molecule has 6 rings (SSSR count). The topological polar surface area (TPSA) is 133 Å². The minimum Gasteiger partial charge on any atom is -0.478 e. The molecule has 8 heteroatoms. The quantitative estimate of drug-likeness (QED) is 0.0739. The molecular weight excluding hydrogens is 677 g/mol. The number of aliphatic carboxylic acids is 2. The highest BCUT2D eigenvalue weighted by molar-refractivity contribution is 6.05. The van der Waals surface area contributed by atoms with Gasteiger partial charge in [-0.3, -0.25) is 9.59 Å². The molecule has 0 aliphatic heterocycles. The Hall–Kier alpha value is -7.32. The van der Waals surface area contributed by atoms with Gasteiger partial charge in [0, 0.05) is 52.7 Å². The van der Waals surface area contributed by atoms with E-state index in [4.69, 9.17) is 10.2 Å². The highest BCUT2D eigenvalue weighted by Gasteiger charge is 2.24. The monoisotopic (exact) mass is 712 g/mol. The van der Waals surface area contributed by atoms with Crippen LogP contribution in [0.5, 0.6) is 0 Å². The van der Waals surface area contributed by atoms with Gasteiger partial charge in [0.2, 0.25) is 11.8 Å². The van der Waals surface area contributed by atoms with E-state index in [1.807, 2.05) is 116 Å². The Morgan fingerprint density at radius 3 is 1.52 bits per heavy atom. The average Bonchev–Trinajstić information content (AvgIpc) is 3.19. The fourth-order valence-electron chi connectivity index (χ4n) is 6.52. The Morgan fingerprint density at radius 1 is 0.500 bits per heavy atom. The SMILES string of the molecule is Cc1c(C(c2ccc(-c3ccccc3)cc2)c2ccc(NC(=O)/C=C/C(=O)O)c(-c3ccccc3)c2)ccc(NC(=O)/C=C/C(=O)O)c1-c1ccccc1. The lowest BCUT2D eigenvalue weighted by molar-refractivity contribution is -0.132. The number of anilines is 2. The average molecular weight is 713 g/mol. The molecule has 8 nitrogen and oxygen atoms in total. The zero-order valence-corrected chi connectivity index (χ0v) is 29.3. The predicted molar refractivity (Wildman–Crippen MR) is 212 cm³/mol. The molecule has 0 aromatic heterocycles. The van der Waals surface area contributed by atoms with E-state index in [2.05, 4.69) is 47.0 Å². The lowest BCUT2D eigenvalue weighted by Crippen LogP contribution is -2.13. The van der Waals surface area contributed by atoms with E-state index in [0.717, 1.165) is 79.9 Å². The Labute approximate surface area is 312 Å². The molecule has 4 N–H and O–H groups in total. The van der Waals surface area contributed by atoms with Crippen molar-refractivity contribution in [3.05, 3.63) is 192 Å². The molecule has 2 amide bonds. The predicted octanol–water partition coefficient (Wildman–Crippen LogP) is 9.33. The van der Waals surface area contributed by atoms with Crippen molar-refractivity contribution >= 4 is 35.1 Å². The van der Waals surface area contributed by atoms with E-state index in [1.54, 1.807) is 0 Å². The van der Waals surface area contributed by atoms with Crippen LogP contribution in [-0.2, 0) is 19.2 Å². The van der Waals surface area contributed by atoms with Crippen LogP contribution in [-0.4, -0.2) is 34.0 Å². The van der Waals surface area contributed by atoms with E-state index in [-0.39, 0.29) is 5.92 Å². The molecule has 1 unspecified atom stereocenters. The van der Waals surface area contributed by atoms with Crippen molar-refractivity contribution in [3.8, 4) is 33.4 Å². The van der Waals surface area contributed by atoms with Crippen molar-refractivity contribution in [2.24, 2.45) is 0 Å². The summed E-state index contributed by atoms with van der Waals surface area (Å²) in [5.41, 5.74) is 10.2. The van der Waals surface area contributed by atoms with Gasteiger partial charge in [0.15, 0.2) is 0 Å². The molecule has 0 fully saturated rings. The number of carbonyl (C=O) groups is 4. The van der Waals surface area contributed by atoms with Gasteiger partial charge in [-0.2, -0.15) is 0 Å². The zero-order chi connectivity index (χ0) is 38.0. The van der Waals surface area contributed by atoms with Gasteiger partial charge < -0.3 is 20.8 Å². The first-order chi connectivity index (χ1) is 26.2. The molecule has 6 aromatic rings. The second kappa shape index (κ2) is 16.8. The van der Waals surface area contributed by atoms with Crippen LogP contribution in [0.2, 0.25) is 0 Å². The van der Waals surface area contributed by atoms with Gasteiger partial charge in [-0.1, -0.05) is 127 Å². The van der Waals surface area contributed by atoms with Crippen molar-refractivity contribution in [1.29, 1.82) is 0 Å². The summed E-state index contributed by atoms with van der Waals surface area (Å²) < 4.78 is 0. The van der Waals surface area contributed by atoms with Crippen molar-refractivity contribution in [2.45, 2.75) is 12.8 Å². The van der Waals surface area contributed by atoms with Gasteiger partial charge in [-0.05, 0) is 69.6 Å². The summed E-state index contributed by atoms with van der Waals surface area (Å²) in [6.45, 7) is 2.01. The second-order valence-corrected chi connectivity index (χ2v) is 12.5. The lowest BCUT2D eigenvalue weighted by atomic mass is 9.79. The number of amides is 2. The first-order valence-electron chi connectivity index (χ1n) is 17.2. The Bertz CT molecular complexity index is 2370. The number of rotatable bonds is 12. The van der Waals surface area contributed by atoms with Gasteiger partial charge >= 0.3 is 11.9 Å². The van der Waals surface area contributed by atoms with Crippen LogP contribution in [0.15, 0.2) is 170 Å². The molecule has 54 heavy (non-hydrogen) atoms. The number of carbonyl (C=O) groups excluding carboxylic acids is 2. The smallest absolute Gasteiger partial charge is 0.328 e. The van der Waals surface area contributed by atoms with Crippen LogP contribution in [0.3, 0.4) is 0 Å². The van der Waals surface area contributed by atoms with Crippen LogP contribution < -0.4 is 10.6 Å². The van der Waals surface area contributed by atoms with Crippen LogP contribution in [0.25, 0.3) is 33.4 Å². The molecule has 266 valence electrons. The molecular formula is C46H36N2O6. The third-order valence-corrected chi connectivity index (χ3v) is 8.96. The molecule has 0 saturated carbocycles. The third-order valence-electron chi connectivity index (χ3n) is 8.96. The van der Waals surface area contributed by atoms with Crippen molar-refractivity contribution in [2.75, 3.05) is 10.6 Å². The van der Waals surface area contributed by atoms with Crippen LogP contribution in [0.4, 0.5) is 11.4 Å². The number of carboxylic acids is 2. The maximum atomic E-state index is 12.9. The van der Waals surface area contributed by atoms with Gasteiger partial charge in [0.25, 0.3) is 0 Å². The number of hydrogen-bond donors (Lipinski definition) is 4. The molecule has 0 spiro atoms. The fraction of sp³-hybridized carbons (Fsp3) is 0.0435. The summed E-state index contributed by atoms with van der Waals surface area (Å²) >= 11 is 0. The first kappa shape index (κ1) is 36.5. The summed E-state index contributed by atoms with van der Waals surface area (Å²) in [6.07, 6.45) is 3.56. The largest absolute Gasteiger partial charge is 0.478 e. The minimum absolute atomic E-state index is 0.326. The van der Waals surface area contributed by atoms with Gasteiger partial charge in [-0.25, -0.2) is 9.59 Å². The fourth-order valence-corrected chi connectivity index (χ4v) is 6.52. The van der Waals surface area contributed by atoms with Crippen LogP contribution >= 0.6 is 0 Å². The van der Waals surface area contributed by atoms with E-state index < -0.39 is 23.8 Å². The van der Waals surface area contributed by atoms with Gasteiger partial charge in [0.1, 0.15) is 0 Å². The molecule has 0 aliphatic rings.